The molecule has 3 rings (SSSR count). The van der Waals surface area contributed by atoms with E-state index in [0.29, 0.717) is 25.6 Å². The predicted molar refractivity (Wildman–Crippen MR) is 91.2 cm³/mol. The number of amides is 1. The number of likely N-dealkylation sites (tertiary alicyclic amines) is 1. The maximum absolute atomic E-state index is 12.2. The lowest BCUT2D eigenvalue weighted by molar-refractivity contribution is -0.0485. The summed E-state index contributed by atoms with van der Waals surface area (Å²) in [6, 6.07) is 7.40. The molecule has 5 heteroatoms. The fraction of sp³-hybridized carbons (Fsp3) is 0.632. The Morgan fingerprint density at radius 2 is 1.88 bits per heavy atom. The van der Waals surface area contributed by atoms with Crippen LogP contribution >= 0.6 is 0 Å². The van der Waals surface area contributed by atoms with Crippen LogP contribution in [0.2, 0.25) is 0 Å². The Kier molecular flexibility index (Phi) is 4.47. The summed E-state index contributed by atoms with van der Waals surface area (Å²) >= 11 is 0. The van der Waals surface area contributed by atoms with Crippen molar-refractivity contribution in [2.24, 2.45) is 0 Å². The van der Waals surface area contributed by atoms with E-state index in [9.17, 15) is 9.90 Å². The fourth-order valence-corrected chi connectivity index (χ4v) is 3.58. The number of benzene rings is 1. The first-order chi connectivity index (χ1) is 11.3. The minimum absolute atomic E-state index is 0.124. The fourth-order valence-electron chi connectivity index (χ4n) is 3.58. The number of hydrogen-bond acceptors (Lipinski definition) is 4. The molecule has 1 unspecified atom stereocenters. The molecule has 132 valence electrons. The minimum atomic E-state index is -0.458. The molecule has 1 atom stereocenters. The molecule has 2 heterocycles. The normalized spacial score (nSPS) is 23.5. The maximum Gasteiger partial charge on any atom is 0.410 e. The number of carbonyl (C=O) groups is 1. The van der Waals surface area contributed by atoms with E-state index >= 15 is 0 Å². The van der Waals surface area contributed by atoms with Gasteiger partial charge in [-0.05, 0) is 57.7 Å². The van der Waals surface area contributed by atoms with Crippen molar-refractivity contribution in [3.63, 3.8) is 0 Å². The van der Waals surface area contributed by atoms with Gasteiger partial charge in [0.1, 0.15) is 11.4 Å². The average molecular weight is 333 g/mol. The van der Waals surface area contributed by atoms with E-state index in [2.05, 4.69) is 0 Å². The largest absolute Gasteiger partial charge is 0.508 e. The van der Waals surface area contributed by atoms with Gasteiger partial charge in [-0.25, -0.2) is 4.79 Å². The Hall–Kier alpha value is -1.75. The van der Waals surface area contributed by atoms with Crippen LogP contribution in [0.1, 0.15) is 51.5 Å². The summed E-state index contributed by atoms with van der Waals surface area (Å²) in [5.41, 5.74) is 0.625. The summed E-state index contributed by atoms with van der Waals surface area (Å²) in [5.74, 6) is 0.650. The second kappa shape index (κ2) is 6.28. The summed E-state index contributed by atoms with van der Waals surface area (Å²) in [7, 11) is 0. The SMILES string of the molecule is CC(C)(C)OC(=O)N1CCC2(CC1)CC(c1ccc(O)cc1)CO2. The van der Waals surface area contributed by atoms with Gasteiger partial charge in [0.25, 0.3) is 0 Å². The van der Waals surface area contributed by atoms with Gasteiger partial charge in [-0.2, -0.15) is 0 Å². The summed E-state index contributed by atoms with van der Waals surface area (Å²) < 4.78 is 11.6. The van der Waals surface area contributed by atoms with E-state index in [0.717, 1.165) is 19.3 Å². The molecular weight excluding hydrogens is 306 g/mol. The average Bonchev–Trinajstić information content (AvgIpc) is 2.91. The van der Waals surface area contributed by atoms with Gasteiger partial charge >= 0.3 is 6.09 Å². The smallest absolute Gasteiger partial charge is 0.410 e. The lowest BCUT2D eigenvalue weighted by Gasteiger charge is -2.39. The quantitative estimate of drug-likeness (QED) is 0.852. The molecule has 0 bridgehead atoms. The molecule has 1 aromatic carbocycles. The second-order valence-electron chi connectivity index (χ2n) is 7.95. The number of phenolic OH excluding ortho intramolecular Hbond substituents is 1. The number of piperidine rings is 1. The standard InChI is InChI=1S/C19H27NO4/c1-18(2,3)24-17(22)20-10-8-19(9-11-20)12-15(13-23-19)14-4-6-16(21)7-5-14/h4-7,15,21H,8-13H2,1-3H3. The third-order valence-corrected chi connectivity index (χ3v) is 4.90. The molecule has 2 fully saturated rings. The number of hydrogen-bond donors (Lipinski definition) is 1. The van der Waals surface area contributed by atoms with Crippen LogP contribution in [0, 0.1) is 0 Å². The first-order valence-corrected chi connectivity index (χ1v) is 8.67. The van der Waals surface area contributed by atoms with Gasteiger partial charge < -0.3 is 19.5 Å². The van der Waals surface area contributed by atoms with E-state index in [-0.39, 0.29) is 17.4 Å². The summed E-state index contributed by atoms with van der Waals surface area (Å²) in [6.07, 6.45) is 2.44. The highest BCUT2D eigenvalue weighted by Crippen LogP contribution is 2.43. The van der Waals surface area contributed by atoms with Crippen LogP contribution in [-0.2, 0) is 9.47 Å². The van der Waals surface area contributed by atoms with Crippen molar-refractivity contribution in [1.82, 2.24) is 4.90 Å². The molecule has 0 radical (unpaired) electrons. The van der Waals surface area contributed by atoms with Crippen molar-refractivity contribution in [3.8, 4) is 5.75 Å². The Labute approximate surface area is 143 Å². The van der Waals surface area contributed by atoms with E-state index in [1.165, 1.54) is 5.56 Å². The highest BCUT2D eigenvalue weighted by Gasteiger charge is 2.44. The highest BCUT2D eigenvalue weighted by molar-refractivity contribution is 5.68. The summed E-state index contributed by atoms with van der Waals surface area (Å²) in [6.45, 7) is 7.72. The third-order valence-electron chi connectivity index (χ3n) is 4.90. The van der Waals surface area contributed by atoms with Gasteiger partial charge in [0, 0.05) is 19.0 Å². The van der Waals surface area contributed by atoms with Crippen molar-refractivity contribution >= 4 is 6.09 Å². The van der Waals surface area contributed by atoms with Crippen molar-refractivity contribution in [2.45, 2.75) is 57.2 Å². The molecular formula is C19H27NO4. The van der Waals surface area contributed by atoms with Crippen LogP contribution in [0.4, 0.5) is 4.79 Å². The predicted octanol–water partition coefficient (Wildman–Crippen LogP) is 3.67. The monoisotopic (exact) mass is 333 g/mol. The lowest BCUT2D eigenvalue weighted by atomic mass is 9.83. The molecule has 2 aliphatic heterocycles. The van der Waals surface area contributed by atoms with Gasteiger partial charge in [-0.3, -0.25) is 0 Å². The van der Waals surface area contributed by atoms with Crippen LogP contribution < -0.4 is 0 Å². The van der Waals surface area contributed by atoms with Crippen molar-refractivity contribution in [1.29, 1.82) is 0 Å². The minimum Gasteiger partial charge on any atom is -0.508 e. The number of phenols is 1. The molecule has 0 aromatic heterocycles. The van der Waals surface area contributed by atoms with Gasteiger partial charge in [0.05, 0.1) is 12.2 Å². The topological polar surface area (TPSA) is 59.0 Å². The Balaban J connectivity index is 1.56. The summed E-state index contributed by atoms with van der Waals surface area (Å²) in [4.78, 5) is 14.0. The molecule has 0 saturated carbocycles. The number of aromatic hydroxyl groups is 1. The number of ether oxygens (including phenoxy) is 2. The zero-order valence-corrected chi connectivity index (χ0v) is 14.7. The third kappa shape index (κ3) is 3.83. The van der Waals surface area contributed by atoms with Crippen LogP contribution in [0.25, 0.3) is 0 Å². The van der Waals surface area contributed by atoms with Gasteiger partial charge in [-0.15, -0.1) is 0 Å². The van der Waals surface area contributed by atoms with Crippen molar-refractivity contribution in [2.75, 3.05) is 19.7 Å². The van der Waals surface area contributed by atoms with Crippen LogP contribution in [0.15, 0.2) is 24.3 Å². The Morgan fingerprint density at radius 1 is 1.25 bits per heavy atom. The molecule has 2 saturated heterocycles. The van der Waals surface area contributed by atoms with Crippen molar-refractivity contribution in [3.05, 3.63) is 29.8 Å². The van der Waals surface area contributed by atoms with Crippen molar-refractivity contribution < 1.29 is 19.4 Å². The molecule has 5 nitrogen and oxygen atoms in total. The van der Waals surface area contributed by atoms with E-state index in [1.807, 2.05) is 32.9 Å². The van der Waals surface area contributed by atoms with Gasteiger partial charge in [-0.1, -0.05) is 12.1 Å². The summed E-state index contributed by atoms with van der Waals surface area (Å²) in [5, 5.41) is 9.42. The highest BCUT2D eigenvalue weighted by atomic mass is 16.6. The first kappa shape index (κ1) is 17.1. The van der Waals surface area contributed by atoms with Crippen LogP contribution in [-0.4, -0.2) is 47.0 Å². The molecule has 1 aromatic rings. The molecule has 2 aliphatic rings. The van der Waals surface area contributed by atoms with Crippen LogP contribution in [0.3, 0.4) is 0 Å². The first-order valence-electron chi connectivity index (χ1n) is 8.67. The molecule has 1 N–H and O–H groups in total. The molecule has 1 amide bonds. The van der Waals surface area contributed by atoms with E-state index < -0.39 is 5.60 Å². The van der Waals surface area contributed by atoms with Gasteiger partial charge in [0.2, 0.25) is 0 Å². The van der Waals surface area contributed by atoms with E-state index in [4.69, 9.17) is 9.47 Å². The molecule has 24 heavy (non-hydrogen) atoms. The number of rotatable bonds is 1. The Morgan fingerprint density at radius 3 is 2.46 bits per heavy atom. The lowest BCUT2D eigenvalue weighted by Crippen LogP contribution is -2.47. The van der Waals surface area contributed by atoms with E-state index in [1.54, 1.807) is 17.0 Å². The molecule has 0 aliphatic carbocycles. The number of nitrogens with zero attached hydrogens (tertiary/aromatic N) is 1. The van der Waals surface area contributed by atoms with Gasteiger partial charge in [0.15, 0.2) is 0 Å². The molecule has 1 spiro atoms. The zero-order chi connectivity index (χ0) is 17.4. The van der Waals surface area contributed by atoms with Crippen LogP contribution in [0.5, 0.6) is 5.75 Å². The second-order valence-corrected chi connectivity index (χ2v) is 7.95. The number of carbonyl (C=O) groups excluding carboxylic acids is 1. The zero-order valence-electron chi connectivity index (χ0n) is 14.7. The maximum atomic E-state index is 12.2. The Bertz CT molecular complexity index is 582.